The molecular formula is C4H8NO2. The van der Waals surface area contributed by atoms with Crippen molar-refractivity contribution in [3.8, 4) is 0 Å². The van der Waals surface area contributed by atoms with Crippen molar-refractivity contribution >= 4 is 0 Å². The van der Waals surface area contributed by atoms with Gasteiger partial charge in [0.25, 0.3) is 0 Å². The minimum atomic E-state index is 0.492. The lowest BCUT2D eigenvalue weighted by Crippen LogP contribution is -2.19. The summed E-state index contributed by atoms with van der Waals surface area (Å²) in [6, 6.07) is 0. The van der Waals surface area contributed by atoms with Crippen LogP contribution in [-0.2, 0) is 9.78 Å². The van der Waals surface area contributed by atoms with E-state index < -0.39 is 0 Å². The van der Waals surface area contributed by atoms with Gasteiger partial charge in [0.2, 0.25) is 0 Å². The monoisotopic (exact) mass is 102 g/mol. The molecule has 1 aliphatic heterocycles. The van der Waals surface area contributed by atoms with Gasteiger partial charge in [-0.3, -0.25) is 5.73 Å². The van der Waals surface area contributed by atoms with Gasteiger partial charge in [-0.1, -0.05) is 0 Å². The minimum Gasteiger partial charge on any atom is -0.297 e. The molecule has 0 spiro atoms. The third kappa shape index (κ3) is 1.43. The maximum atomic E-state index is 5.20. The zero-order valence-electron chi connectivity index (χ0n) is 4.02. The molecule has 1 saturated heterocycles. The molecule has 2 N–H and O–H groups in total. The molecule has 1 aliphatic rings. The summed E-state index contributed by atoms with van der Waals surface area (Å²) >= 11 is 0. The molecule has 3 nitrogen and oxygen atoms in total. The van der Waals surface area contributed by atoms with Crippen molar-refractivity contribution in [2.45, 2.75) is 12.8 Å². The Bertz CT molecular complexity index is 51.7. The molecule has 1 fully saturated rings. The Balaban J connectivity index is 2.12. The number of hydrogen-bond acceptors (Lipinski definition) is 3. The third-order valence-corrected chi connectivity index (χ3v) is 0.817. The summed E-state index contributed by atoms with van der Waals surface area (Å²) in [7, 11) is 0. The number of hydrogen-bond donors (Lipinski definition) is 1. The van der Waals surface area contributed by atoms with Gasteiger partial charge in [0.15, 0.2) is 6.23 Å². The molecule has 0 aromatic rings. The summed E-state index contributed by atoms with van der Waals surface area (Å²) in [5, 5.41) is 0. The van der Waals surface area contributed by atoms with Crippen molar-refractivity contribution < 1.29 is 9.78 Å². The van der Waals surface area contributed by atoms with Crippen LogP contribution in [0.25, 0.3) is 0 Å². The topological polar surface area (TPSA) is 44.5 Å². The fraction of sp³-hybridized carbons (Fsp3) is 0.750. The molecule has 0 aromatic carbocycles. The van der Waals surface area contributed by atoms with E-state index in [0.717, 1.165) is 12.8 Å². The molecular weight excluding hydrogens is 94.0 g/mol. The predicted molar refractivity (Wildman–Crippen MR) is 23.7 cm³/mol. The van der Waals surface area contributed by atoms with Crippen molar-refractivity contribution in [2.75, 3.05) is 6.61 Å². The van der Waals surface area contributed by atoms with Crippen molar-refractivity contribution in [1.82, 2.24) is 0 Å². The Kier molecular flexibility index (Phi) is 1.62. The van der Waals surface area contributed by atoms with Gasteiger partial charge in [0, 0.05) is 0 Å². The van der Waals surface area contributed by atoms with Crippen molar-refractivity contribution in [3.63, 3.8) is 0 Å². The quantitative estimate of drug-likeness (QED) is 0.443. The summed E-state index contributed by atoms with van der Waals surface area (Å²) in [4.78, 5) is 8.99. The Morgan fingerprint density at radius 3 is 2.71 bits per heavy atom. The van der Waals surface area contributed by atoms with Crippen molar-refractivity contribution in [3.05, 3.63) is 6.23 Å². The summed E-state index contributed by atoms with van der Waals surface area (Å²) in [5.41, 5.74) is 5.20. The molecule has 0 bridgehead atoms. The highest BCUT2D eigenvalue weighted by Gasteiger charge is 2.09. The van der Waals surface area contributed by atoms with Gasteiger partial charge in [-0.15, -0.1) is 0 Å². The molecule has 41 valence electrons. The first-order chi connectivity index (χ1) is 3.39. The Hall–Kier alpha value is -0.120. The predicted octanol–water partition coefficient (Wildman–Crippen LogP) is 0.177. The first kappa shape index (κ1) is 5.03. The fourth-order valence-corrected chi connectivity index (χ4v) is 0.464. The lowest BCUT2D eigenvalue weighted by Gasteiger charge is -2.14. The molecule has 1 radical (unpaired) electrons. The third-order valence-electron chi connectivity index (χ3n) is 0.817. The van der Waals surface area contributed by atoms with E-state index in [1.807, 2.05) is 0 Å². The van der Waals surface area contributed by atoms with Gasteiger partial charge in [0.05, 0.1) is 6.61 Å². The highest BCUT2D eigenvalue weighted by molar-refractivity contribution is 4.67. The molecule has 1 rings (SSSR count). The average Bonchev–Trinajstić information content (AvgIpc) is 1.69. The van der Waals surface area contributed by atoms with Gasteiger partial charge in [0.1, 0.15) is 0 Å². The lowest BCUT2D eigenvalue weighted by atomic mass is 10.3. The van der Waals surface area contributed by atoms with Crippen LogP contribution in [0.5, 0.6) is 0 Å². The van der Waals surface area contributed by atoms with E-state index in [2.05, 4.69) is 9.78 Å². The van der Waals surface area contributed by atoms with Crippen LogP contribution in [0.1, 0.15) is 12.8 Å². The number of nitrogens with two attached hydrogens (primary N) is 1. The summed E-state index contributed by atoms with van der Waals surface area (Å²) in [6.45, 7) is 0.667. The SMILES string of the molecule is N[C]1CCCOO1. The number of rotatable bonds is 0. The molecule has 0 unspecified atom stereocenters. The fourth-order valence-electron chi connectivity index (χ4n) is 0.464. The van der Waals surface area contributed by atoms with Crippen LogP contribution in [0.2, 0.25) is 0 Å². The Morgan fingerprint density at radius 2 is 2.43 bits per heavy atom. The second-order valence-electron chi connectivity index (χ2n) is 1.48. The van der Waals surface area contributed by atoms with Gasteiger partial charge in [-0.05, 0) is 12.8 Å². The lowest BCUT2D eigenvalue weighted by molar-refractivity contribution is -0.306. The van der Waals surface area contributed by atoms with Gasteiger partial charge >= 0.3 is 0 Å². The first-order valence-electron chi connectivity index (χ1n) is 2.30. The standard InChI is InChI=1S/C4H8NO2/c5-4-2-1-3-6-7-4/h1-3,5H2. The molecule has 7 heavy (non-hydrogen) atoms. The highest BCUT2D eigenvalue weighted by atomic mass is 17.2. The van der Waals surface area contributed by atoms with Crippen LogP contribution >= 0.6 is 0 Å². The molecule has 1 heterocycles. The molecule has 0 saturated carbocycles. The second-order valence-corrected chi connectivity index (χ2v) is 1.48. The summed E-state index contributed by atoms with van der Waals surface area (Å²) in [6.07, 6.45) is 2.30. The van der Waals surface area contributed by atoms with Crippen molar-refractivity contribution in [1.29, 1.82) is 0 Å². The van der Waals surface area contributed by atoms with Crippen molar-refractivity contribution in [2.24, 2.45) is 5.73 Å². The van der Waals surface area contributed by atoms with E-state index in [-0.39, 0.29) is 0 Å². The molecule has 3 heteroatoms. The molecule has 0 amide bonds. The van der Waals surface area contributed by atoms with E-state index in [1.165, 1.54) is 0 Å². The minimum absolute atomic E-state index is 0.492. The molecule has 0 aromatic heterocycles. The summed E-state index contributed by atoms with van der Waals surface area (Å²) < 4.78 is 0. The van der Waals surface area contributed by atoms with Gasteiger partial charge in [-0.25, -0.2) is 9.78 Å². The van der Waals surface area contributed by atoms with Crippen LogP contribution in [0.15, 0.2) is 0 Å². The van der Waals surface area contributed by atoms with Gasteiger partial charge in [-0.2, -0.15) is 0 Å². The largest absolute Gasteiger partial charge is 0.297 e. The maximum Gasteiger partial charge on any atom is 0.197 e. The molecule has 0 aliphatic carbocycles. The zero-order valence-corrected chi connectivity index (χ0v) is 4.02. The Labute approximate surface area is 42.3 Å². The van der Waals surface area contributed by atoms with E-state index in [0.29, 0.717) is 12.8 Å². The Morgan fingerprint density at radius 1 is 1.57 bits per heavy atom. The smallest absolute Gasteiger partial charge is 0.197 e. The maximum absolute atomic E-state index is 5.20. The van der Waals surface area contributed by atoms with Crippen LogP contribution in [-0.4, -0.2) is 6.61 Å². The van der Waals surface area contributed by atoms with E-state index in [1.54, 1.807) is 0 Å². The van der Waals surface area contributed by atoms with Crippen LogP contribution in [0, 0.1) is 6.23 Å². The molecule has 0 atom stereocenters. The average molecular weight is 102 g/mol. The summed E-state index contributed by atoms with van der Waals surface area (Å²) in [5.74, 6) is 0. The van der Waals surface area contributed by atoms with Gasteiger partial charge < -0.3 is 0 Å². The highest BCUT2D eigenvalue weighted by Crippen LogP contribution is 2.09. The first-order valence-corrected chi connectivity index (χ1v) is 2.30. The second kappa shape index (κ2) is 2.26. The van der Waals surface area contributed by atoms with Crippen LogP contribution < -0.4 is 5.73 Å². The zero-order chi connectivity index (χ0) is 5.11. The van der Waals surface area contributed by atoms with E-state index in [4.69, 9.17) is 5.73 Å². The van der Waals surface area contributed by atoms with E-state index >= 15 is 0 Å². The normalized spacial score (nSPS) is 25.3. The van der Waals surface area contributed by atoms with E-state index in [9.17, 15) is 0 Å². The van der Waals surface area contributed by atoms with Crippen LogP contribution in [0.4, 0.5) is 0 Å². The van der Waals surface area contributed by atoms with Crippen LogP contribution in [0.3, 0.4) is 0 Å².